The molecule has 3 amide bonds. The molecule has 0 saturated heterocycles. The van der Waals surface area contributed by atoms with Gasteiger partial charge in [-0.25, -0.2) is 4.90 Å². The second-order valence-electron chi connectivity index (χ2n) is 7.10. The lowest BCUT2D eigenvalue weighted by Crippen LogP contribution is -2.29. The van der Waals surface area contributed by atoms with E-state index in [1.807, 2.05) is 32.0 Å². The number of rotatable bonds is 5. The van der Waals surface area contributed by atoms with Gasteiger partial charge in [-0.05, 0) is 55.3 Å². The molecular weight excluding hydrogens is 380 g/mol. The van der Waals surface area contributed by atoms with Crippen LogP contribution in [0.3, 0.4) is 0 Å². The zero-order chi connectivity index (χ0) is 21.3. The zero-order valence-electron chi connectivity index (χ0n) is 16.6. The average molecular weight is 400 g/mol. The van der Waals surface area contributed by atoms with Crippen molar-refractivity contribution in [1.29, 1.82) is 0 Å². The van der Waals surface area contributed by atoms with E-state index in [1.54, 1.807) is 48.5 Å². The molecule has 0 spiro atoms. The zero-order valence-corrected chi connectivity index (χ0v) is 16.6. The van der Waals surface area contributed by atoms with E-state index in [9.17, 15) is 14.4 Å². The van der Waals surface area contributed by atoms with Crippen molar-refractivity contribution in [2.45, 2.75) is 13.8 Å². The van der Waals surface area contributed by atoms with E-state index in [-0.39, 0.29) is 24.3 Å². The van der Waals surface area contributed by atoms with Gasteiger partial charge in [-0.1, -0.05) is 36.4 Å². The molecular formula is C24H20N2O4. The van der Waals surface area contributed by atoms with E-state index in [4.69, 9.17) is 4.74 Å². The molecule has 0 radical (unpaired) electrons. The van der Waals surface area contributed by atoms with Crippen LogP contribution in [0.4, 0.5) is 11.4 Å². The molecule has 30 heavy (non-hydrogen) atoms. The second-order valence-corrected chi connectivity index (χ2v) is 7.10. The molecule has 0 atom stereocenters. The normalized spacial score (nSPS) is 12.7. The van der Waals surface area contributed by atoms with Crippen LogP contribution in [0.5, 0.6) is 5.75 Å². The molecule has 0 saturated carbocycles. The van der Waals surface area contributed by atoms with Gasteiger partial charge in [-0.3, -0.25) is 14.4 Å². The van der Waals surface area contributed by atoms with Gasteiger partial charge in [0.2, 0.25) is 0 Å². The summed E-state index contributed by atoms with van der Waals surface area (Å²) in [5, 5.41) is 2.75. The maximum atomic E-state index is 12.7. The van der Waals surface area contributed by atoms with Crippen LogP contribution in [0, 0.1) is 13.8 Å². The number of hydrogen-bond acceptors (Lipinski definition) is 4. The SMILES string of the molecule is Cc1cccc(C)c1OCC(=O)Nc1cccc(N2C(=O)c3ccccc3C2=O)c1. The second kappa shape index (κ2) is 7.83. The van der Waals surface area contributed by atoms with E-state index in [2.05, 4.69) is 5.32 Å². The number of hydrogen-bond donors (Lipinski definition) is 1. The smallest absolute Gasteiger partial charge is 0.266 e. The third kappa shape index (κ3) is 3.55. The molecule has 0 fully saturated rings. The molecule has 150 valence electrons. The molecule has 0 unspecified atom stereocenters. The van der Waals surface area contributed by atoms with Gasteiger partial charge in [0.25, 0.3) is 17.7 Å². The molecule has 0 aliphatic carbocycles. The van der Waals surface area contributed by atoms with Crippen molar-refractivity contribution in [3.8, 4) is 5.75 Å². The van der Waals surface area contributed by atoms with Crippen LogP contribution in [0.15, 0.2) is 66.7 Å². The van der Waals surface area contributed by atoms with Gasteiger partial charge in [0.05, 0.1) is 16.8 Å². The number of fused-ring (bicyclic) bond motifs is 1. The summed E-state index contributed by atoms with van der Waals surface area (Å²) in [5.74, 6) is -0.403. The van der Waals surface area contributed by atoms with E-state index in [1.165, 1.54) is 0 Å². The summed E-state index contributed by atoms with van der Waals surface area (Å²) in [6.45, 7) is 3.69. The van der Waals surface area contributed by atoms with Crippen LogP contribution < -0.4 is 15.0 Å². The molecule has 3 aromatic rings. The lowest BCUT2D eigenvalue weighted by atomic mass is 10.1. The quantitative estimate of drug-likeness (QED) is 0.654. The number of anilines is 2. The number of imide groups is 1. The van der Waals surface area contributed by atoms with Crippen molar-refractivity contribution in [3.63, 3.8) is 0 Å². The predicted molar refractivity (Wildman–Crippen MR) is 114 cm³/mol. The summed E-state index contributed by atoms with van der Waals surface area (Å²) in [4.78, 5) is 38.8. The van der Waals surface area contributed by atoms with E-state index in [0.717, 1.165) is 16.0 Å². The summed E-state index contributed by atoms with van der Waals surface area (Å²) in [6.07, 6.45) is 0. The number of carbonyl (C=O) groups is 3. The van der Waals surface area contributed by atoms with Crippen LogP contribution >= 0.6 is 0 Å². The van der Waals surface area contributed by atoms with Crippen molar-refractivity contribution in [2.75, 3.05) is 16.8 Å². The minimum Gasteiger partial charge on any atom is -0.483 e. The largest absolute Gasteiger partial charge is 0.483 e. The number of amides is 3. The maximum absolute atomic E-state index is 12.7. The molecule has 1 aliphatic rings. The highest BCUT2D eigenvalue weighted by molar-refractivity contribution is 6.34. The van der Waals surface area contributed by atoms with Crippen LogP contribution in [0.1, 0.15) is 31.8 Å². The minimum absolute atomic E-state index is 0.150. The number of nitrogens with zero attached hydrogens (tertiary/aromatic N) is 1. The first kappa shape index (κ1) is 19.4. The molecule has 3 aromatic carbocycles. The van der Waals surface area contributed by atoms with Gasteiger partial charge in [-0.2, -0.15) is 0 Å². The monoisotopic (exact) mass is 400 g/mol. The maximum Gasteiger partial charge on any atom is 0.266 e. The molecule has 0 bridgehead atoms. The topological polar surface area (TPSA) is 75.7 Å². The van der Waals surface area contributed by atoms with Gasteiger partial charge in [0.1, 0.15) is 5.75 Å². The fourth-order valence-corrected chi connectivity index (χ4v) is 3.51. The first-order valence-corrected chi connectivity index (χ1v) is 9.52. The van der Waals surface area contributed by atoms with Crippen molar-refractivity contribution in [3.05, 3.63) is 89.0 Å². The van der Waals surface area contributed by atoms with E-state index in [0.29, 0.717) is 28.3 Å². The van der Waals surface area contributed by atoms with Gasteiger partial charge < -0.3 is 10.1 Å². The molecule has 4 rings (SSSR count). The molecule has 1 heterocycles. The number of ether oxygens (including phenoxy) is 1. The number of aryl methyl sites for hydroxylation is 2. The standard InChI is InChI=1S/C24H20N2O4/c1-15-7-5-8-16(2)22(15)30-14-21(27)25-17-9-6-10-18(13-17)26-23(28)19-11-3-4-12-20(19)24(26)29/h3-13H,14H2,1-2H3,(H,25,27). The Labute approximate surface area is 174 Å². The average Bonchev–Trinajstić information content (AvgIpc) is 2.98. The fourth-order valence-electron chi connectivity index (χ4n) is 3.51. The van der Waals surface area contributed by atoms with Crippen molar-refractivity contribution in [1.82, 2.24) is 0 Å². The lowest BCUT2D eigenvalue weighted by molar-refractivity contribution is -0.118. The number of para-hydroxylation sites is 1. The van der Waals surface area contributed by atoms with Crippen molar-refractivity contribution >= 4 is 29.1 Å². The Morgan fingerprint density at radius 1 is 0.867 bits per heavy atom. The van der Waals surface area contributed by atoms with Gasteiger partial charge in [-0.15, -0.1) is 0 Å². The molecule has 6 heteroatoms. The Kier molecular flexibility index (Phi) is 5.06. The van der Waals surface area contributed by atoms with Crippen molar-refractivity contribution in [2.24, 2.45) is 0 Å². The minimum atomic E-state index is -0.377. The van der Waals surface area contributed by atoms with Gasteiger partial charge in [0.15, 0.2) is 6.61 Å². The Morgan fingerprint density at radius 3 is 2.10 bits per heavy atom. The summed E-state index contributed by atoms with van der Waals surface area (Å²) in [6, 6.07) is 19.1. The Bertz CT molecular complexity index is 1110. The van der Waals surface area contributed by atoms with Gasteiger partial charge >= 0.3 is 0 Å². The molecule has 1 aliphatic heterocycles. The van der Waals surface area contributed by atoms with E-state index < -0.39 is 0 Å². The van der Waals surface area contributed by atoms with Crippen LogP contribution in [-0.2, 0) is 4.79 Å². The highest BCUT2D eigenvalue weighted by atomic mass is 16.5. The van der Waals surface area contributed by atoms with E-state index >= 15 is 0 Å². The fraction of sp³-hybridized carbons (Fsp3) is 0.125. The summed E-state index contributed by atoms with van der Waals surface area (Å²) >= 11 is 0. The number of carbonyl (C=O) groups excluding carboxylic acids is 3. The van der Waals surface area contributed by atoms with Crippen molar-refractivity contribution < 1.29 is 19.1 Å². The Hall–Kier alpha value is -3.93. The Balaban J connectivity index is 1.47. The van der Waals surface area contributed by atoms with Crippen LogP contribution in [0.2, 0.25) is 0 Å². The summed E-state index contributed by atoms with van der Waals surface area (Å²) < 4.78 is 5.68. The highest BCUT2D eigenvalue weighted by Gasteiger charge is 2.36. The third-order valence-corrected chi connectivity index (χ3v) is 4.94. The summed E-state index contributed by atoms with van der Waals surface area (Å²) in [7, 11) is 0. The Morgan fingerprint density at radius 2 is 1.47 bits per heavy atom. The first-order valence-electron chi connectivity index (χ1n) is 9.52. The van der Waals surface area contributed by atoms with Crippen LogP contribution in [0.25, 0.3) is 0 Å². The highest BCUT2D eigenvalue weighted by Crippen LogP contribution is 2.29. The van der Waals surface area contributed by atoms with Gasteiger partial charge in [0, 0.05) is 5.69 Å². The summed E-state index contributed by atoms with van der Waals surface area (Å²) in [5.41, 5.74) is 3.53. The molecule has 0 aromatic heterocycles. The van der Waals surface area contributed by atoms with Crippen LogP contribution in [-0.4, -0.2) is 24.3 Å². The lowest BCUT2D eigenvalue weighted by Gasteiger charge is -2.16. The predicted octanol–water partition coefficient (Wildman–Crippen LogP) is 4.12. The number of nitrogens with one attached hydrogen (secondary N) is 1. The third-order valence-electron chi connectivity index (χ3n) is 4.94. The molecule has 6 nitrogen and oxygen atoms in total. The molecule has 1 N–H and O–H groups in total. The number of benzene rings is 3. The first-order chi connectivity index (χ1) is 14.5.